The third kappa shape index (κ3) is 3.45. The summed E-state index contributed by atoms with van der Waals surface area (Å²) in [4.78, 5) is 15.2. The summed E-state index contributed by atoms with van der Waals surface area (Å²) in [6.45, 7) is 2.38. The number of hydrogen-bond acceptors (Lipinski definition) is 6. The van der Waals surface area contributed by atoms with E-state index in [-0.39, 0.29) is 6.10 Å². The van der Waals surface area contributed by atoms with Crippen molar-refractivity contribution in [3.63, 3.8) is 0 Å². The molecule has 0 spiro atoms. The predicted molar refractivity (Wildman–Crippen MR) is 108 cm³/mol. The van der Waals surface area contributed by atoms with Crippen LogP contribution in [-0.2, 0) is 6.54 Å². The van der Waals surface area contributed by atoms with Crippen LogP contribution in [0.25, 0.3) is 21.3 Å². The Balaban J connectivity index is 1.85. The van der Waals surface area contributed by atoms with Gasteiger partial charge >= 0.3 is 0 Å². The van der Waals surface area contributed by atoms with E-state index in [1.165, 1.54) is 11.1 Å². The SMILES string of the molecule is CN(C)Cc1nc(N2CCC(O)CC2)c2c(-c3ccccc3)csc2n1. The summed E-state index contributed by atoms with van der Waals surface area (Å²) in [5, 5.41) is 13.2. The lowest BCUT2D eigenvalue weighted by Gasteiger charge is -2.31. The van der Waals surface area contributed by atoms with Crippen molar-refractivity contribution in [1.29, 1.82) is 0 Å². The Kier molecular flexibility index (Phi) is 4.89. The first-order chi connectivity index (χ1) is 12.6. The molecule has 1 aliphatic rings. The van der Waals surface area contributed by atoms with Gasteiger partial charge in [-0.2, -0.15) is 0 Å². The molecule has 1 saturated heterocycles. The lowest BCUT2D eigenvalue weighted by Crippen LogP contribution is -2.36. The van der Waals surface area contributed by atoms with Gasteiger partial charge in [-0.15, -0.1) is 11.3 Å². The van der Waals surface area contributed by atoms with Gasteiger partial charge in [-0.1, -0.05) is 30.3 Å². The first-order valence-electron chi connectivity index (χ1n) is 9.03. The minimum atomic E-state index is -0.194. The molecule has 0 aliphatic carbocycles. The van der Waals surface area contributed by atoms with E-state index in [4.69, 9.17) is 9.97 Å². The zero-order valence-corrected chi connectivity index (χ0v) is 16.0. The Morgan fingerprint density at radius 2 is 1.88 bits per heavy atom. The molecular weight excluding hydrogens is 344 g/mol. The van der Waals surface area contributed by atoms with Crippen LogP contribution in [0.4, 0.5) is 5.82 Å². The summed E-state index contributed by atoms with van der Waals surface area (Å²) < 4.78 is 0. The monoisotopic (exact) mass is 368 g/mol. The second-order valence-electron chi connectivity index (χ2n) is 7.12. The third-order valence-corrected chi connectivity index (χ3v) is 5.64. The molecule has 0 atom stereocenters. The van der Waals surface area contributed by atoms with Gasteiger partial charge in [0.2, 0.25) is 0 Å². The largest absolute Gasteiger partial charge is 0.393 e. The van der Waals surface area contributed by atoms with Crippen LogP contribution < -0.4 is 4.90 Å². The summed E-state index contributed by atoms with van der Waals surface area (Å²) in [6, 6.07) is 10.4. The second kappa shape index (κ2) is 7.31. The lowest BCUT2D eigenvalue weighted by molar-refractivity contribution is 0.145. The average molecular weight is 369 g/mol. The summed E-state index contributed by atoms with van der Waals surface area (Å²) in [5.41, 5.74) is 2.39. The van der Waals surface area contributed by atoms with Crippen LogP contribution >= 0.6 is 11.3 Å². The van der Waals surface area contributed by atoms with E-state index in [1.54, 1.807) is 11.3 Å². The van der Waals surface area contributed by atoms with Crippen molar-refractivity contribution in [3.8, 4) is 11.1 Å². The first kappa shape index (κ1) is 17.4. The fraction of sp³-hybridized carbons (Fsp3) is 0.400. The van der Waals surface area contributed by atoms with E-state index in [0.29, 0.717) is 0 Å². The highest BCUT2D eigenvalue weighted by Gasteiger charge is 2.23. The second-order valence-corrected chi connectivity index (χ2v) is 7.97. The molecule has 4 rings (SSSR count). The molecule has 5 nitrogen and oxygen atoms in total. The standard InChI is InChI=1S/C20H24N4OS/c1-23(2)12-17-21-19(24-10-8-15(25)9-11-24)18-16(13-26-20(18)22-17)14-6-4-3-5-7-14/h3-7,13,15,25H,8-12H2,1-2H3. The van der Waals surface area contributed by atoms with Crippen molar-refractivity contribution in [1.82, 2.24) is 14.9 Å². The average Bonchev–Trinajstić information content (AvgIpc) is 3.06. The van der Waals surface area contributed by atoms with E-state index in [9.17, 15) is 5.11 Å². The van der Waals surface area contributed by atoms with Crippen molar-refractivity contribution < 1.29 is 5.11 Å². The van der Waals surface area contributed by atoms with Gasteiger partial charge in [0.25, 0.3) is 0 Å². The number of fused-ring (bicyclic) bond motifs is 1. The van der Waals surface area contributed by atoms with Crippen molar-refractivity contribution in [3.05, 3.63) is 41.5 Å². The van der Waals surface area contributed by atoms with Crippen LogP contribution in [0.5, 0.6) is 0 Å². The van der Waals surface area contributed by atoms with Crippen LogP contribution in [0, 0.1) is 0 Å². The topological polar surface area (TPSA) is 52.5 Å². The van der Waals surface area contributed by atoms with Crippen LogP contribution in [-0.4, -0.2) is 53.3 Å². The smallest absolute Gasteiger partial charge is 0.146 e. The van der Waals surface area contributed by atoms with Crippen LogP contribution in [0.15, 0.2) is 35.7 Å². The Bertz CT molecular complexity index is 885. The highest BCUT2D eigenvalue weighted by Crippen LogP contribution is 2.39. The fourth-order valence-electron chi connectivity index (χ4n) is 3.46. The highest BCUT2D eigenvalue weighted by atomic mass is 32.1. The molecule has 2 aromatic heterocycles. The number of piperidine rings is 1. The normalized spacial score (nSPS) is 15.9. The summed E-state index contributed by atoms with van der Waals surface area (Å²) >= 11 is 1.68. The Hall–Kier alpha value is -2.02. The van der Waals surface area contributed by atoms with Crippen LogP contribution in [0.3, 0.4) is 0 Å². The zero-order chi connectivity index (χ0) is 18.1. The van der Waals surface area contributed by atoms with Gasteiger partial charge in [-0.3, -0.25) is 0 Å². The molecule has 1 aliphatic heterocycles. The molecule has 0 amide bonds. The number of nitrogens with zero attached hydrogens (tertiary/aromatic N) is 4. The Morgan fingerprint density at radius 1 is 1.15 bits per heavy atom. The molecule has 0 saturated carbocycles. The van der Waals surface area contributed by atoms with E-state index in [1.807, 2.05) is 20.2 Å². The molecule has 3 aromatic rings. The van der Waals surface area contributed by atoms with Crippen LogP contribution in [0.2, 0.25) is 0 Å². The molecule has 0 radical (unpaired) electrons. The van der Waals surface area contributed by atoms with E-state index < -0.39 is 0 Å². The fourth-order valence-corrected chi connectivity index (χ4v) is 4.42. The number of aliphatic hydroxyl groups is 1. The molecule has 6 heteroatoms. The van der Waals surface area contributed by atoms with Gasteiger partial charge in [-0.25, -0.2) is 9.97 Å². The molecule has 1 fully saturated rings. The quantitative estimate of drug-likeness (QED) is 0.765. The molecule has 1 N–H and O–H groups in total. The molecule has 26 heavy (non-hydrogen) atoms. The lowest BCUT2D eigenvalue weighted by atomic mass is 10.0. The third-order valence-electron chi connectivity index (χ3n) is 4.77. The number of anilines is 1. The molecule has 1 aromatic carbocycles. The van der Waals surface area contributed by atoms with E-state index in [0.717, 1.165) is 54.3 Å². The molecular formula is C20H24N4OS. The summed E-state index contributed by atoms with van der Waals surface area (Å²) in [6.07, 6.45) is 1.39. The van der Waals surface area contributed by atoms with Crippen molar-refractivity contribution >= 4 is 27.4 Å². The van der Waals surface area contributed by atoms with Gasteiger partial charge in [0.15, 0.2) is 0 Å². The molecule has 136 valence electrons. The molecule has 0 bridgehead atoms. The number of aromatic nitrogens is 2. The van der Waals surface area contributed by atoms with Gasteiger partial charge in [-0.05, 0) is 32.5 Å². The number of rotatable bonds is 4. The maximum absolute atomic E-state index is 9.89. The molecule has 3 heterocycles. The van der Waals surface area contributed by atoms with Gasteiger partial charge in [0, 0.05) is 24.0 Å². The maximum atomic E-state index is 9.89. The number of thiophene rings is 1. The van der Waals surface area contributed by atoms with Gasteiger partial charge < -0.3 is 14.9 Å². The summed E-state index contributed by atoms with van der Waals surface area (Å²) in [7, 11) is 4.07. The van der Waals surface area contributed by atoms with E-state index >= 15 is 0 Å². The minimum absolute atomic E-state index is 0.194. The summed E-state index contributed by atoms with van der Waals surface area (Å²) in [5.74, 6) is 1.86. The highest BCUT2D eigenvalue weighted by molar-refractivity contribution is 7.17. The van der Waals surface area contributed by atoms with Gasteiger partial charge in [0.05, 0.1) is 18.0 Å². The molecule has 0 unspecified atom stereocenters. The van der Waals surface area contributed by atoms with Crippen molar-refractivity contribution in [2.24, 2.45) is 0 Å². The zero-order valence-electron chi connectivity index (χ0n) is 15.2. The predicted octanol–water partition coefficient (Wildman–Crippen LogP) is 3.38. The maximum Gasteiger partial charge on any atom is 0.146 e. The number of aliphatic hydroxyl groups excluding tert-OH is 1. The minimum Gasteiger partial charge on any atom is -0.393 e. The van der Waals surface area contributed by atoms with Gasteiger partial charge in [0.1, 0.15) is 16.5 Å². The Morgan fingerprint density at radius 3 is 2.58 bits per heavy atom. The van der Waals surface area contributed by atoms with Crippen molar-refractivity contribution in [2.75, 3.05) is 32.1 Å². The first-order valence-corrected chi connectivity index (χ1v) is 9.91. The Labute approximate surface area is 157 Å². The van der Waals surface area contributed by atoms with Crippen molar-refractivity contribution in [2.45, 2.75) is 25.5 Å². The van der Waals surface area contributed by atoms with Crippen LogP contribution in [0.1, 0.15) is 18.7 Å². The number of benzene rings is 1. The van der Waals surface area contributed by atoms with E-state index in [2.05, 4.69) is 39.4 Å². The number of hydrogen-bond donors (Lipinski definition) is 1.